The number of piperidine rings is 1. The number of hydrogen-bond donors (Lipinski definition) is 0. The number of rotatable bonds is 5. The lowest BCUT2D eigenvalue weighted by molar-refractivity contribution is 0.179. The van der Waals surface area contributed by atoms with Gasteiger partial charge in [-0.25, -0.2) is 0 Å². The summed E-state index contributed by atoms with van der Waals surface area (Å²) in [7, 11) is 3.33. The fraction of sp³-hybridized carbons (Fsp3) is 0.381. The van der Waals surface area contributed by atoms with E-state index in [1.807, 2.05) is 36.4 Å². The first-order valence-electron chi connectivity index (χ1n) is 8.60. The zero-order chi connectivity index (χ0) is 17.7. The van der Waals surface area contributed by atoms with Crippen molar-refractivity contribution in [3.63, 3.8) is 0 Å². The van der Waals surface area contributed by atoms with E-state index in [1.54, 1.807) is 14.2 Å². The van der Waals surface area contributed by atoms with Crippen molar-refractivity contribution in [2.24, 2.45) is 0 Å². The van der Waals surface area contributed by atoms with E-state index in [4.69, 9.17) is 9.47 Å². The van der Waals surface area contributed by atoms with Crippen LogP contribution in [0.1, 0.15) is 24.0 Å². The van der Waals surface area contributed by atoms with E-state index in [0.29, 0.717) is 0 Å². The summed E-state index contributed by atoms with van der Waals surface area (Å²) >= 11 is 0. The molecule has 1 aliphatic heterocycles. The van der Waals surface area contributed by atoms with E-state index in [1.165, 1.54) is 5.56 Å². The Balaban J connectivity index is 1.70. The van der Waals surface area contributed by atoms with Crippen LogP contribution in [0.4, 0.5) is 0 Å². The van der Waals surface area contributed by atoms with Gasteiger partial charge >= 0.3 is 0 Å². The molecule has 130 valence electrons. The van der Waals surface area contributed by atoms with Crippen LogP contribution in [-0.2, 0) is 12.0 Å². The molecule has 0 atom stereocenters. The molecule has 3 rings (SSSR count). The van der Waals surface area contributed by atoms with Crippen molar-refractivity contribution >= 4 is 0 Å². The number of ether oxygens (including phenoxy) is 2. The van der Waals surface area contributed by atoms with Crippen molar-refractivity contribution < 1.29 is 9.47 Å². The van der Waals surface area contributed by atoms with Crippen molar-refractivity contribution in [3.05, 3.63) is 59.7 Å². The van der Waals surface area contributed by atoms with E-state index in [-0.39, 0.29) is 5.41 Å². The van der Waals surface area contributed by atoms with Gasteiger partial charge in [0.05, 0.1) is 25.7 Å². The van der Waals surface area contributed by atoms with Gasteiger partial charge in [-0.05, 0) is 36.1 Å². The second kappa shape index (κ2) is 7.58. The van der Waals surface area contributed by atoms with E-state index < -0.39 is 0 Å². The summed E-state index contributed by atoms with van der Waals surface area (Å²) in [5.41, 5.74) is 1.95. The topological polar surface area (TPSA) is 45.5 Å². The van der Waals surface area contributed by atoms with Crippen LogP contribution in [0.3, 0.4) is 0 Å². The number of nitrogens with zero attached hydrogens (tertiary/aromatic N) is 2. The molecule has 0 saturated carbocycles. The van der Waals surface area contributed by atoms with Crippen LogP contribution in [-0.4, -0.2) is 32.2 Å². The minimum Gasteiger partial charge on any atom is -0.497 e. The van der Waals surface area contributed by atoms with Gasteiger partial charge in [-0.1, -0.05) is 30.3 Å². The monoisotopic (exact) mass is 336 g/mol. The van der Waals surface area contributed by atoms with Crippen molar-refractivity contribution in [3.8, 4) is 17.6 Å². The summed E-state index contributed by atoms with van der Waals surface area (Å²) < 4.78 is 10.7. The quantitative estimate of drug-likeness (QED) is 0.834. The van der Waals surface area contributed by atoms with Crippen molar-refractivity contribution in [1.82, 2.24) is 4.90 Å². The van der Waals surface area contributed by atoms with Crippen LogP contribution >= 0.6 is 0 Å². The Hall–Kier alpha value is -2.51. The third-order valence-electron chi connectivity index (χ3n) is 5.07. The second-order valence-electron chi connectivity index (χ2n) is 6.56. The first-order valence-corrected chi connectivity index (χ1v) is 8.60. The lowest BCUT2D eigenvalue weighted by Crippen LogP contribution is -2.41. The Bertz CT molecular complexity index is 722. The van der Waals surface area contributed by atoms with E-state index in [9.17, 15) is 5.26 Å². The summed E-state index contributed by atoms with van der Waals surface area (Å²) in [5.74, 6) is 1.61. The average Bonchev–Trinajstić information content (AvgIpc) is 2.69. The van der Waals surface area contributed by atoms with E-state index in [2.05, 4.69) is 23.1 Å². The fourth-order valence-corrected chi connectivity index (χ4v) is 3.53. The van der Waals surface area contributed by atoms with Crippen LogP contribution in [0.2, 0.25) is 0 Å². The number of nitriles is 1. The van der Waals surface area contributed by atoms with Gasteiger partial charge in [-0.15, -0.1) is 0 Å². The molecule has 0 aromatic heterocycles. The maximum Gasteiger partial charge on any atom is 0.122 e. The predicted molar refractivity (Wildman–Crippen MR) is 97.8 cm³/mol. The zero-order valence-electron chi connectivity index (χ0n) is 14.9. The molecule has 1 aliphatic rings. The molecule has 2 aromatic carbocycles. The Morgan fingerprint density at radius 2 is 1.60 bits per heavy atom. The Labute approximate surface area is 149 Å². The molecule has 1 fully saturated rings. The summed E-state index contributed by atoms with van der Waals surface area (Å²) in [6.07, 6.45) is 1.71. The molecule has 2 aromatic rings. The maximum atomic E-state index is 9.81. The van der Waals surface area contributed by atoms with Gasteiger partial charge < -0.3 is 9.47 Å². The SMILES string of the molecule is COc1cc(CN2CCC(C#N)(c3ccccc3)CC2)cc(OC)c1. The van der Waals surface area contributed by atoms with Gasteiger partial charge in [-0.3, -0.25) is 4.90 Å². The van der Waals surface area contributed by atoms with E-state index in [0.717, 1.165) is 49.5 Å². The minimum absolute atomic E-state index is 0.357. The first-order chi connectivity index (χ1) is 12.2. The predicted octanol–water partition coefficient (Wildman–Crippen LogP) is 3.76. The third-order valence-corrected chi connectivity index (χ3v) is 5.07. The molecule has 0 bridgehead atoms. The first kappa shape index (κ1) is 17.3. The molecule has 4 heteroatoms. The molecular formula is C21H24N2O2. The summed E-state index contributed by atoms with van der Waals surface area (Å²) in [5, 5.41) is 9.81. The van der Waals surface area contributed by atoms with Gasteiger partial charge in [-0.2, -0.15) is 5.26 Å². The third kappa shape index (κ3) is 3.78. The Kier molecular flexibility index (Phi) is 5.25. The number of likely N-dealkylation sites (tertiary alicyclic amines) is 1. The molecule has 0 N–H and O–H groups in total. The molecule has 1 heterocycles. The van der Waals surface area contributed by atoms with Gasteiger partial charge in [0.1, 0.15) is 11.5 Å². The normalized spacial score (nSPS) is 16.8. The van der Waals surface area contributed by atoms with E-state index >= 15 is 0 Å². The largest absolute Gasteiger partial charge is 0.497 e. The Morgan fingerprint density at radius 1 is 1.00 bits per heavy atom. The van der Waals surface area contributed by atoms with Crippen molar-refractivity contribution in [2.75, 3.05) is 27.3 Å². The van der Waals surface area contributed by atoms with Crippen molar-refractivity contribution in [2.45, 2.75) is 24.8 Å². The van der Waals surface area contributed by atoms with Crippen LogP contribution in [0.25, 0.3) is 0 Å². The summed E-state index contributed by atoms with van der Waals surface area (Å²) in [6.45, 7) is 2.65. The number of methoxy groups -OCH3 is 2. The number of benzene rings is 2. The summed E-state index contributed by atoms with van der Waals surface area (Å²) in [4.78, 5) is 2.40. The highest BCUT2D eigenvalue weighted by molar-refractivity contribution is 5.38. The standard InChI is InChI=1S/C21H24N2O2/c1-24-19-12-17(13-20(14-19)25-2)15-23-10-8-21(16-22,9-11-23)18-6-4-3-5-7-18/h3-7,12-14H,8-11,15H2,1-2H3. The fourth-order valence-electron chi connectivity index (χ4n) is 3.53. The lowest BCUT2D eigenvalue weighted by Gasteiger charge is -2.37. The zero-order valence-corrected chi connectivity index (χ0v) is 14.9. The summed E-state index contributed by atoms with van der Waals surface area (Å²) in [6, 6.07) is 18.8. The maximum absolute atomic E-state index is 9.81. The van der Waals surface area contributed by atoms with Gasteiger partial charge in [0.25, 0.3) is 0 Å². The lowest BCUT2D eigenvalue weighted by atomic mass is 9.74. The van der Waals surface area contributed by atoms with Gasteiger partial charge in [0, 0.05) is 25.7 Å². The smallest absolute Gasteiger partial charge is 0.122 e. The molecule has 25 heavy (non-hydrogen) atoms. The molecule has 0 amide bonds. The van der Waals surface area contributed by atoms with Crippen LogP contribution in [0.15, 0.2) is 48.5 Å². The molecule has 0 unspecified atom stereocenters. The highest BCUT2D eigenvalue weighted by Gasteiger charge is 2.36. The molecule has 4 nitrogen and oxygen atoms in total. The number of hydrogen-bond acceptors (Lipinski definition) is 4. The molecule has 0 aliphatic carbocycles. The molecule has 0 spiro atoms. The highest BCUT2D eigenvalue weighted by Crippen LogP contribution is 2.35. The van der Waals surface area contributed by atoms with Crippen molar-refractivity contribution in [1.29, 1.82) is 5.26 Å². The van der Waals surface area contributed by atoms with Crippen LogP contribution in [0.5, 0.6) is 11.5 Å². The minimum atomic E-state index is -0.357. The second-order valence-corrected chi connectivity index (χ2v) is 6.56. The van der Waals surface area contributed by atoms with Crippen LogP contribution < -0.4 is 9.47 Å². The molecular weight excluding hydrogens is 312 g/mol. The highest BCUT2D eigenvalue weighted by atomic mass is 16.5. The van der Waals surface area contributed by atoms with Crippen LogP contribution in [0, 0.1) is 11.3 Å². The molecule has 1 saturated heterocycles. The van der Waals surface area contributed by atoms with Gasteiger partial charge in [0.15, 0.2) is 0 Å². The molecule has 0 radical (unpaired) electrons. The van der Waals surface area contributed by atoms with Gasteiger partial charge in [0.2, 0.25) is 0 Å². The average molecular weight is 336 g/mol. The Morgan fingerprint density at radius 3 is 2.12 bits per heavy atom.